The molecule has 0 radical (unpaired) electrons. The minimum atomic E-state index is 0.644. The van der Waals surface area contributed by atoms with Crippen LogP contribution in [0.5, 0.6) is 0 Å². The topological polar surface area (TPSA) is 38.7 Å². The van der Waals surface area contributed by atoms with Crippen molar-refractivity contribution in [1.29, 1.82) is 0 Å². The highest BCUT2D eigenvalue weighted by atomic mass is 32.1. The summed E-state index contributed by atoms with van der Waals surface area (Å²) in [5, 5.41) is 7.13. The SMILES string of the molecule is c1ccc(-c2cccc(-c3nc(-c4nc5ccc6c7ccccc7sc6c5c5ccccc45)nc4c3sc3ccccc34)c2)cc1. The number of benzene rings is 6. The van der Waals surface area contributed by atoms with Crippen LogP contribution in [0.25, 0.3) is 96.1 Å². The van der Waals surface area contributed by atoms with E-state index in [0.717, 1.165) is 49.0 Å². The van der Waals surface area contributed by atoms with E-state index >= 15 is 0 Å². The van der Waals surface area contributed by atoms with Gasteiger partial charge in [-0.05, 0) is 40.8 Å². The third kappa shape index (κ3) is 3.86. The fourth-order valence-electron chi connectivity index (χ4n) is 6.76. The van der Waals surface area contributed by atoms with E-state index in [9.17, 15) is 0 Å². The maximum Gasteiger partial charge on any atom is 0.180 e. The molecule has 0 bridgehead atoms. The van der Waals surface area contributed by atoms with E-state index in [2.05, 4.69) is 140 Å². The Morgan fingerprint density at radius 3 is 1.89 bits per heavy atom. The van der Waals surface area contributed by atoms with E-state index in [-0.39, 0.29) is 0 Å². The van der Waals surface area contributed by atoms with Gasteiger partial charge in [0.25, 0.3) is 0 Å². The molecule has 10 aromatic rings. The lowest BCUT2D eigenvalue weighted by molar-refractivity contribution is 1.21. The van der Waals surface area contributed by atoms with Gasteiger partial charge < -0.3 is 0 Å². The molecule has 0 unspecified atom stereocenters. The monoisotopic (exact) mass is 621 g/mol. The first-order chi connectivity index (χ1) is 22.8. The summed E-state index contributed by atoms with van der Waals surface area (Å²) in [6, 6.07) is 49.4. The van der Waals surface area contributed by atoms with E-state index in [4.69, 9.17) is 15.0 Å². The van der Waals surface area contributed by atoms with Crippen LogP contribution in [0.1, 0.15) is 0 Å². The second-order valence-electron chi connectivity index (χ2n) is 11.6. The third-order valence-corrected chi connectivity index (χ3v) is 11.3. The summed E-state index contributed by atoms with van der Waals surface area (Å²) in [5.41, 5.74) is 7.08. The number of thiophene rings is 2. The first-order valence-corrected chi connectivity index (χ1v) is 16.9. The lowest BCUT2D eigenvalue weighted by Crippen LogP contribution is -1.97. The van der Waals surface area contributed by atoms with Crippen LogP contribution >= 0.6 is 22.7 Å². The summed E-state index contributed by atoms with van der Waals surface area (Å²) in [6.45, 7) is 0. The minimum absolute atomic E-state index is 0.644. The van der Waals surface area contributed by atoms with Crippen LogP contribution in [0.4, 0.5) is 0 Å². The van der Waals surface area contributed by atoms with Crippen molar-refractivity contribution in [3.63, 3.8) is 0 Å². The maximum atomic E-state index is 5.36. The second-order valence-corrected chi connectivity index (χ2v) is 13.7. The molecule has 10 rings (SSSR count). The van der Waals surface area contributed by atoms with Gasteiger partial charge in [-0.25, -0.2) is 15.0 Å². The molecule has 0 aliphatic rings. The molecule has 5 heteroatoms. The molecule has 46 heavy (non-hydrogen) atoms. The Bertz CT molecular complexity index is 2810. The Balaban J connectivity index is 1.28. The molecule has 0 aliphatic heterocycles. The first kappa shape index (κ1) is 25.8. The van der Waals surface area contributed by atoms with Crippen LogP contribution in [-0.4, -0.2) is 15.0 Å². The van der Waals surface area contributed by atoms with Crippen molar-refractivity contribution in [2.75, 3.05) is 0 Å². The van der Waals surface area contributed by atoms with Crippen LogP contribution in [0.15, 0.2) is 140 Å². The van der Waals surface area contributed by atoms with E-state index in [1.165, 1.54) is 41.2 Å². The van der Waals surface area contributed by atoms with Gasteiger partial charge in [-0.15, -0.1) is 22.7 Å². The average Bonchev–Trinajstić information content (AvgIpc) is 3.70. The van der Waals surface area contributed by atoms with Crippen LogP contribution in [-0.2, 0) is 0 Å². The number of rotatable bonds is 3. The van der Waals surface area contributed by atoms with Gasteiger partial charge in [0.2, 0.25) is 0 Å². The summed E-state index contributed by atoms with van der Waals surface area (Å²) in [6.07, 6.45) is 0. The number of hydrogen-bond donors (Lipinski definition) is 0. The Morgan fingerprint density at radius 2 is 1.04 bits per heavy atom. The van der Waals surface area contributed by atoms with Gasteiger partial charge in [-0.3, -0.25) is 0 Å². The summed E-state index contributed by atoms with van der Waals surface area (Å²) in [4.78, 5) is 16.0. The summed E-state index contributed by atoms with van der Waals surface area (Å²) < 4.78 is 4.85. The van der Waals surface area contributed by atoms with Crippen molar-refractivity contribution in [2.45, 2.75) is 0 Å². The number of pyridine rings is 1. The van der Waals surface area contributed by atoms with Crippen LogP contribution in [0.2, 0.25) is 0 Å². The number of aromatic nitrogens is 3. The lowest BCUT2D eigenvalue weighted by Gasteiger charge is -2.12. The predicted octanol–water partition coefficient (Wildman–Crippen LogP) is 11.9. The fraction of sp³-hybridized carbons (Fsp3) is 0. The highest BCUT2D eigenvalue weighted by molar-refractivity contribution is 7.27. The zero-order valence-electron chi connectivity index (χ0n) is 24.4. The molecule has 0 amide bonds. The minimum Gasteiger partial charge on any atom is -0.244 e. The molecule has 0 N–H and O–H groups in total. The van der Waals surface area contributed by atoms with Gasteiger partial charge in [-0.1, -0.05) is 115 Å². The zero-order valence-corrected chi connectivity index (χ0v) is 26.1. The van der Waals surface area contributed by atoms with Gasteiger partial charge in [-0.2, -0.15) is 0 Å². The van der Waals surface area contributed by atoms with Crippen molar-refractivity contribution in [2.24, 2.45) is 0 Å². The molecule has 0 atom stereocenters. The summed E-state index contributed by atoms with van der Waals surface area (Å²) >= 11 is 3.60. The Labute approximate surface area is 272 Å². The van der Waals surface area contributed by atoms with Crippen molar-refractivity contribution >= 4 is 84.8 Å². The van der Waals surface area contributed by atoms with Gasteiger partial charge in [0.05, 0.1) is 21.4 Å². The van der Waals surface area contributed by atoms with Crippen molar-refractivity contribution < 1.29 is 0 Å². The van der Waals surface area contributed by atoms with E-state index in [1.54, 1.807) is 11.3 Å². The molecule has 0 saturated heterocycles. The third-order valence-electron chi connectivity index (χ3n) is 8.88. The fourth-order valence-corrected chi connectivity index (χ4v) is 9.17. The number of hydrogen-bond acceptors (Lipinski definition) is 5. The molecule has 214 valence electrons. The Kier molecular flexibility index (Phi) is 5.61. The molecule has 0 aliphatic carbocycles. The normalized spacial score (nSPS) is 11.9. The molecule has 4 heterocycles. The molecule has 0 spiro atoms. The first-order valence-electron chi connectivity index (χ1n) is 15.3. The number of fused-ring (bicyclic) bond motifs is 10. The van der Waals surface area contributed by atoms with E-state index in [1.807, 2.05) is 11.3 Å². The molecule has 0 saturated carbocycles. The zero-order chi connectivity index (χ0) is 30.2. The maximum absolute atomic E-state index is 5.36. The quantitative estimate of drug-likeness (QED) is 0.184. The lowest BCUT2D eigenvalue weighted by atomic mass is 10.0. The highest BCUT2D eigenvalue weighted by Crippen LogP contribution is 2.44. The van der Waals surface area contributed by atoms with Crippen molar-refractivity contribution in [3.05, 3.63) is 140 Å². The van der Waals surface area contributed by atoms with Crippen molar-refractivity contribution in [1.82, 2.24) is 15.0 Å². The smallest absolute Gasteiger partial charge is 0.180 e. The summed E-state index contributed by atoms with van der Waals surface area (Å²) in [7, 11) is 0. The van der Waals surface area contributed by atoms with Crippen molar-refractivity contribution in [3.8, 4) is 33.9 Å². The van der Waals surface area contributed by atoms with Gasteiger partial charge in [0.15, 0.2) is 5.82 Å². The standard InChI is InChI=1S/C41H23N3S2/c1-2-11-24(12-3-1)25-13-10-14-26(23-25)36-40-37(31-18-7-9-20-34(31)46-40)44-41(43-36)38-29-17-5-4-16-28(29)35-32(42-38)22-21-30-27-15-6-8-19-33(27)45-39(30)35/h1-23H. The molecule has 4 aromatic heterocycles. The van der Waals surface area contributed by atoms with Crippen LogP contribution in [0, 0.1) is 0 Å². The van der Waals surface area contributed by atoms with Gasteiger partial charge in [0, 0.05) is 46.6 Å². The van der Waals surface area contributed by atoms with E-state index in [0.29, 0.717) is 5.82 Å². The van der Waals surface area contributed by atoms with Crippen LogP contribution in [0.3, 0.4) is 0 Å². The highest BCUT2D eigenvalue weighted by Gasteiger charge is 2.21. The number of nitrogens with zero attached hydrogens (tertiary/aromatic N) is 3. The Morgan fingerprint density at radius 1 is 0.391 bits per heavy atom. The van der Waals surface area contributed by atoms with Gasteiger partial charge in [0.1, 0.15) is 5.69 Å². The average molecular weight is 622 g/mol. The second kappa shape index (κ2) is 10.0. The van der Waals surface area contributed by atoms with Crippen LogP contribution < -0.4 is 0 Å². The molecular weight excluding hydrogens is 599 g/mol. The molecule has 3 nitrogen and oxygen atoms in total. The Hall–Kier alpha value is -5.49. The summed E-state index contributed by atoms with van der Waals surface area (Å²) in [5.74, 6) is 0.644. The largest absolute Gasteiger partial charge is 0.244 e. The van der Waals surface area contributed by atoms with E-state index < -0.39 is 0 Å². The molecule has 0 fully saturated rings. The molecule has 6 aromatic carbocycles. The molecular formula is C41H23N3S2. The predicted molar refractivity (Wildman–Crippen MR) is 197 cm³/mol. The van der Waals surface area contributed by atoms with Gasteiger partial charge >= 0.3 is 0 Å².